The van der Waals surface area contributed by atoms with E-state index in [1.807, 2.05) is 12.1 Å². The van der Waals surface area contributed by atoms with Crippen LogP contribution in [-0.2, 0) is 6.54 Å². The van der Waals surface area contributed by atoms with Crippen LogP contribution in [0.5, 0.6) is 0 Å². The van der Waals surface area contributed by atoms with Crippen LogP contribution in [0.2, 0.25) is 4.34 Å². The second-order valence-electron chi connectivity index (χ2n) is 4.89. The molecule has 112 valence electrons. The predicted molar refractivity (Wildman–Crippen MR) is 88.3 cm³/mol. The summed E-state index contributed by atoms with van der Waals surface area (Å²) in [6.07, 6.45) is 3.55. The van der Waals surface area contributed by atoms with Crippen molar-refractivity contribution < 1.29 is 4.79 Å². The van der Waals surface area contributed by atoms with Crippen LogP contribution in [0.25, 0.3) is 0 Å². The molecule has 0 aromatic carbocycles. The van der Waals surface area contributed by atoms with E-state index in [-0.39, 0.29) is 11.7 Å². The molecule has 0 saturated heterocycles. The van der Waals surface area contributed by atoms with Crippen molar-refractivity contribution in [3.05, 3.63) is 26.2 Å². The van der Waals surface area contributed by atoms with Gasteiger partial charge in [-0.2, -0.15) is 0 Å². The lowest BCUT2D eigenvalue weighted by Gasteiger charge is -2.25. The van der Waals surface area contributed by atoms with Gasteiger partial charge in [0, 0.05) is 10.9 Å². The van der Waals surface area contributed by atoms with E-state index < -0.39 is 0 Å². The molecule has 0 spiro atoms. The number of amides is 1. The summed E-state index contributed by atoms with van der Waals surface area (Å²) in [6, 6.07) is 4.18. The first-order chi connectivity index (χ1) is 10.1. The van der Waals surface area contributed by atoms with Crippen molar-refractivity contribution in [1.29, 1.82) is 0 Å². The normalized spacial score (nSPS) is 14.7. The summed E-state index contributed by atoms with van der Waals surface area (Å²) >= 11 is 8.61. The molecule has 1 fully saturated rings. The van der Waals surface area contributed by atoms with Crippen LogP contribution in [0.4, 0.5) is 10.9 Å². The number of hydrogen-bond acceptors (Lipinski definition) is 6. The third kappa shape index (κ3) is 3.48. The van der Waals surface area contributed by atoms with Gasteiger partial charge in [0.1, 0.15) is 10.7 Å². The van der Waals surface area contributed by atoms with Gasteiger partial charge in [0.05, 0.1) is 10.9 Å². The van der Waals surface area contributed by atoms with Crippen molar-refractivity contribution >= 4 is 51.1 Å². The van der Waals surface area contributed by atoms with Crippen LogP contribution in [0.3, 0.4) is 0 Å². The SMILES string of the molecule is Nc1nc(NC2CCC2)sc1C(=O)NCc1ccc(Cl)s1. The Balaban J connectivity index is 1.60. The highest BCUT2D eigenvalue weighted by Crippen LogP contribution is 2.29. The van der Waals surface area contributed by atoms with Crippen LogP contribution in [0, 0.1) is 0 Å². The molecular weight excluding hydrogens is 328 g/mol. The molecule has 2 heterocycles. The largest absolute Gasteiger partial charge is 0.382 e. The summed E-state index contributed by atoms with van der Waals surface area (Å²) < 4.78 is 0.712. The van der Waals surface area contributed by atoms with Crippen molar-refractivity contribution in [2.75, 3.05) is 11.1 Å². The highest BCUT2D eigenvalue weighted by atomic mass is 35.5. The average molecular weight is 343 g/mol. The summed E-state index contributed by atoms with van der Waals surface area (Å²) in [6.45, 7) is 0.443. The van der Waals surface area contributed by atoms with Crippen molar-refractivity contribution in [3.63, 3.8) is 0 Å². The topological polar surface area (TPSA) is 80.0 Å². The van der Waals surface area contributed by atoms with Crippen LogP contribution < -0.4 is 16.4 Å². The lowest BCUT2D eigenvalue weighted by molar-refractivity contribution is 0.0956. The first kappa shape index (κ1) is 14.6. The van der Waals surface area contributed by atoms with E-state index in [4.69, 9.17) is 17.3 Å². The zero-order valence-corrected chi connectivity index (χ0v) is 13.6. The molecule has 1 saturated carbocycles. The Bertz CT molecular complexity index is 650. The Labute approximate surface area is 135 Å². The molecule has 2 aromatic heterocycles. The van der Waals surface area contributed by atoms with Crippen molar-refractivity contribution in [2.45, 2.75) is 31.8 Å². The molecule has 1 aliphatic carbocycles. The number of carbonyl (C=O) groups excluding carboxylic acids is 1. The molecule has 0 unspecified atom stereocenters. The number of halogens is 1. The third-order valence-electron chi connectivity index (χ3n) is 3.34. The summed E-state index contributed by atoms with van der Waals surface area (Å²) in [5.74, 6) is 0.0831. The number of nitrogen functional groups attached to an aromatic ring is 1. The lowest BCUT2D eigenvalue weighted by atomic mass is 9.93. The second-order valence-corrected chi connectivity index (χ2v) is 7.69. The highest BCUT2D eigenvalue weighted by Gasteiger charge is 2.21. The van der Waals surface area contributed by atoms with E-state index in [1.54, 1.807) is 0 Å². The summed E-state index contributed by atoms with van der Waals surface area (Å²) in [5.41, 5.74) is 5.83. The zero-order chi connectivity index (χ0) is 14.8. The molecule has 3 rings (SSSR count). The maximum Gasteiger partial charge on any atom is 0.265 e. The Kier molecular flexibility index (Phi) is 4.32. The van der Waals surface area contributed by atoms with Gasteiger partial charge >= 0.3 is 0 Å². The number of rotatable bonds is 5. The number of thiazole rings is 1. The fourth-order valence-corrected chi connectivity index (χ4v) is 3.88. The van der Waals surface area contributed by atoms with Crippen molar-refractivity contribution in [3.8, 4) is 0 Å². The number of aromatic nitrogens is 1. The van der Waals surface area contributed by atoms with Gasteiger partial charge in [-0.25, -0.2) is 4.98 Å². The Hall–Kier alpha value is -1.31. The minimum absolute atomic E-state index is 0.198. The first-order valence-corrected chi connectivity index (χ1v) is 8.68. The van der Waals surface area contributed by atoms with Crippen molar-refractivity contribution in [1.82, 2.24) is 10.3 Å². The number of nitrogens with one attached hydrogen (secondary N) is 2. The van der Waals surface area contributed by atoms with E-state index in [2.05, 4.69) is 15.6 Å². The Morgan fingerprint density at radius 2 is 2.24 bits per heavy atom. The summed E-state index contributed by atoms with van der Waals surface area (Å²) in [7, 11) is 0. The molecule has 1 aliphatic rings. The molecule has 21 heavy (non-hydrogen) atoms. The summed E-state index contributed by atoms with van der Waals surface area (Å²) in [5, 5.41) is 6.87. The fourth-order valence-electron chi connectivity index (χ4n) is 1.98. The molecule has 0 atom stereocenters. The molecule has 4 N–H and O–H groups in total. The highest BCUT2D eigenvalue weighted by molar-refractivity contribution is 7.18. The van der Waals surface area contributed by atoms with Crippen LogP contribution in [-0.4, -0.2) is 16.9 Å². The lowest BCUT2D eigenvalue weighted by Crippen LogP contribution is -2.26. The molecular formula is C13H15ClN4OS2. The van der Waals surface area contributed by atoms with E-state index in [1.165, 1.54) is 29.1 Å². The maximum absolute atomic E-state index is 12.2. The van der Waals surface area contributed by atoms with Crippen LogP contribution in [0.15, 0.2) is 12.1 Å². The predicted octanol–water partition coefficient (Wildman–Crippen LogP) is 3.33. The van der Waals surface area contributed by atoms with Gasteiger partial charge in [0.25, 0.3) is 5.91 Å². The third-order valence-corrected chi connectivity index (χ3v) is 5.58. The quantitative estimate of drug-likeness (QED) is 0.778. The van der Waals surface area contributed by atoms with Gasteiger partial charge in [0.2, 0.25) is 0 Å². The standard InChI is InChI=1S/C13H15ClN4OS2/c14-9-5-4-8(20-9)6-16-12(19)10-11(15)18-13(21-10)17-7-2-1-3-7/h4-5,7H,1-3,6,15H2,(H,16,19)(H,17,18). The molecule has 0 aliphatic heterocycles. The van der Waals surface area contributed by atoms with E-state index in [0.29, 0.717) is 21.8 Å². The van der Waals surface area contributed by atoms with Gasteiger partial charge < -0.3 is 16.4 Å². The second kappa shape index (κ2) is 6.21. The van der Waals surface area contributed by atoms with E-state index >= 15 is 0 Å². The molecule has 8 heteroatoms. The molecule has 0 radical (unpaired) electrons. The van der Waals surface area contributed by atoms with Gasteiger partial charge in [-0.3, -0.25) is 4.79 Å². The van der Waals surface area contributed by atoms with Crippen molar-refractivity contribution in [2.24, 2.45) is 0 Å². The maximum atomic E-state index is 12.2. The summed E-state index contributed by atoms with van der Waals surface area (Å²) in [4.78, 5) is 17.8. The number of anilines is 2. The molecule has 2 aromatic rings. The van der Waals surface area contributed by atoms with Gasteiger partial charge in [-0.05, 0) is 31.4 Å². The molecule has 0 bridgehead atoms. The Morgan fingerprint density at radius 1 is 1.43 bits per heavy atom. The van der Waals surface area contributed by atoms with Crippen LogP contribution >= 0.6 is 34.3 Å². The number of thiophene rings is 1. The van der Waals surface area contributed by atoms with Gasteiger partial charge in [-0.15, -0.1) is 11.3 Å². The number of nitrogens with two attached hydrogens (primary N) is 1. The number of carbonyl (C=O) groups is 1. The average Bonchev–Trinajstić information content (AvgIpc) is 2.97. The monoisotopic (exact) mass is 342 g/mol. The minimum atomic E-state index is -0.198. The molecule has 1 amide bonds. The first-order valence-electron chi connectivity index (χ1n) is 6.67. The number of hydrogen-bond donors (Lipinski definition) is 3. The Morgan fingerprint density at radius 3 is 2.86 bits per heavy atom. The van der Waals surface area contributed by atoms with Gasteiger partial charge in [-0.1, -0.05) is 22.9 Å². The smallest absolute Gasteiger partial charge is 0.265 e. The number of nitrogens with zero attached hydrogens (tertiary/aromatic N) is 1. The molecule has 5 nitrogen and oxygen atoms in total. The zero-order valence-electron chi connectivity index (χ0n) is 11.2. The van der Waals surface area contributed by atoms with Crippen LogP contribution in [0.1, 0.15) is 33.8 Å². The van der Waals surface area contributed by atoms with Gasteiger partial charge in [0.15, 0.2) is 5.13 Å². The van der Waals surface area contributed by atoms with E-state index in [0.717, 1.165) is 22.9 Å². The van der Waals surface area contributed by atoms with E-state index in [9.17, 15) is 4.79 Å². The minimum Gasteiger partial charge on any atom is -0.382 e. The fraction of sp³-hybridized carbons (Fsp3) is 0.385.